The SMILES string of the molecule is C=C(C)c1cc(-c2csc3ccccc23)nc2c(CC)ccc(CC3CCCC(C)C3)c12. The summed E-state index contributed by atoms with van der Waals surface area (Å²) in [5, 5.41) is 4.90. The number of pyridine rings is 1. The quantitative estimate of drug-likeness (QED) is 0.302. The van der Waals surface area contributed by atoms with Gasteiger partial charge in [0.15, 0.2) is 0 Å². The van der Waals surface area contributed by atoms with E-state index in [0.29, 0.717) is 0 Å². The van der Waals surface area contributed by atoms with Gasteiger partial charge in [0, 0.05) is 26.4 Å². The molecule has 1 nitrogen and oxygen atoms in total. The minimum Gasteiger partial charge on any atom is -0.247 e. The fourth-order valence-corrected chi connectivity index (χ4v) is 6.58. The van der Waals surface area contributed by atoms with Gasteiger partial charge in [0.1, 0.15) is 0 Å². The Labute approximate surface area is 196 Å². The molecule has 0 radical (unpaired) electrons. The van der Waals surface area contributed by atoms with E-state index in [2.05, 4.69) is 75.2 Å². The first-order valence-electron chi connectivity index (χ1n) is 12.1. The molecular formula is C30H33NS. The van der Waals surface area contributed by atoms with Gasteiger partial charge in [0.25, 0.3) is 0 Å². The lowest BCUT2D eigenvalue weighted by molar-refractivity contribution is 0.282. The first kappa shape index (κ1) is 21.4. The Morgan fingerprint density at radius 3 is 2.72 bits per heavy atom. The number of fused-ring (bicyclic) bond motifs is 2. The van der Waals surface area contributed by atoms with E-state index >= 15 is 0 Å². The molecule has 1 aliphatic carbocycles. The summed E-state index contributed by atoms with van der Waals surface area (Å²) in [5.41, 5.74) is 8.70. The van der Waals surface area contributed by atoms with Crippen LogP contribution in [0.4, 0.5) is 0 Å². The van der Waals surface area contributed by atoms with Gasteiger partial charge in [-0.2, -0.15) is 0 Å². The van der Waals surface area contributed by atoms with E-state index in [-0.39, 0.29) is 0 Å². The number of hydrogen-bond donors (Lipinski definition) is 0. The molecule has 2 unspecified atom stereocenters. The lowest BCUT2D eigenvalue weighted by Gasteiger charge is -2.27. The Bertz CT molecular complexity index is 1300. The second kappa shape index (κ2) is 8.83. The third kappa shape index (κ3) is 3.90. The summed E-state index contributed by atoms with van der Waals surface area (Å²) in [7, 11) is 0. The summed E-state index contributed by atoms with van der Waals surface area (Å²) in [6, 6.07) is 15.7. The van der Waals surface area contributed by atoms with Crippen LogP contribution in [-0.2, 0) is 12.8 Å². The molecule has 2 aromatic carbocycles. The molecule has 1 saturated carbocycles. The molecule has 5 rings (SSSR count). The van der Waals surface area contributed by atoms with Crippen LogP contribution in [0.25, 0.3) is 37.8 Å². The zero-order valence-electron chi connectivity index (χ0n) is 19.6. The van der Waals surface area contributed by atoms with E-state index in [4.69, 9.17) is 4.98 Å². The second-order valence-corrected chi connectivity index (χ2v) is 10.7. The van der Waals surface area contributed by atoms with E-state index in [1.165, 1.54) is 68.9 Å². The molecule has 164 valence electrons. The normalized spacial score (nSPS) is 19.0. The number of allylic oxidation sites excluding steroid dienone is 1. The Morgan fingerprint density at radius 1 is 1.12 bits per heavy atom. The van der Waals surface area contributed by atoms with Gasteiger partial charge in [-0.15, -0.1) is 11.3 Å². The fraction of sp³-hybridized carbons (Fsp3) is 0.367. The molecule has 0 N–H and O–H groups in total. The van der Waals surface area contributed by atoms with Gasteiger partial charge in [0.05, 0.1) is 11.2 Å². The van der Waals surface area contributed by atoms with Gasteiger partial charge in [-0.05, 0) is 66.8 Å². The van der Waals surface area contributed by atoms with Crippen LogP contribution >= 0.6 is 11.3 Å². The number of nitrogens with zero attached hydrogens (tertiary/aromatic N) is 1. The molecular weight excluding hydrogens is 406 g/mol. The van der Waals surface area contributed by atoms with Crippen LogP contribution < -0.4 is 0 Å². The Hall–Kier alpha value is -2.45. The average molecular weight is 440 g/mol. The zero-order chi connectivity index (χ0) is 22.2. The summed E-state index contributed by atoms with van der Waals surface area (Å²) < 4.78 is 1.32. The van der Waals surface area contributed by atoms with Gasteiger partial charge in [-0.3, -0.25) is 0 Å². The van der Waals surface area contributed by atoms with Crippen LogP contribution in [-0.4, -0.2) is 4.98 Å². The molecule has 0 saturated heterocycles. The molecule has 2 heteroatoms. The van der Waals surface area contributed by atoms with Crippen molar-refractivity contribution in [3.63, 3.8) is 0 Å². The summed E-state index contributed by atoms with van der Waals surface area (Å²) >= 11 is 1.80. The summed E-state index contributed by atoms with van der Waals surface area (Å²) in [6.07, 6.45) is 7.63. The third-order valence-electron chi connectivity index (χ3n) is 7.28. The van der Waals surface area contributed by atoms with Crippen molar-refractivity contribution in [2.24, 2.45) is 11.8 Å². The average Bonchev–Trinajstić information content (AvgIpc) is 3.22. The topological polar surface area (TPSA) is 12.9 Å². The maximum Gasteiger partial charge on any atom is 0.0750 e. The first-order valence-corrected chi connectivity index (χ1v) is 13.0. The molecule has 4 aromatic rings. The number of rotatable bonds is 5. The zero-order valence-corrected chi connectivity index (χ0v) is 20.4. The lowest BCUT2D eigenvalue weighted by atomic mass is 9.78. The predicted molar refractivity (Wildman–Crippen MR) is 141 cm³/mol. The summed E-state index contributed by atoms with van der Waals surface area (Å²) in [6.45, 7) is 11.2. The molecule has 2 atom stereocenters. The van der Waals surface area contributed by atoms with Crippen molar-refractivity contribution >= 4 is 37.9 Å². The lowest BCUT2D eigenvalue weighted by Crippen LogP contribution is -2.15. The fourth-order valence-electron chi connectivity index (χ4n) is 5.63. The van der Waals surface area contributed by atoms with Crippen molar-refractivity contribution in [3.05, 3.63) is 71.1 Å². The van der Waals surface area contributed by atoms with Crippen LogP contribution in [0.1, 0.15) is 63.1 Å². The number of benzene rings is 2. The molecule has 0 aliphatic heterocycles. The monoisotopic (exact) mass is 439 g/mol. The Kier molecular flexibility index (Phi) is 5.90. The van der Waals surface area contributed by atoms with Crippen molar-refractivity contribution in [2.75, 3.05) is 0 Å². The summed E-state index contributed by atoms with van der Waals surface area (Å²) in [5.74, 6) is 1.64. The minimum atomic E-state index is 0.785. The molecule has 1 fully saturated rings. The highest BCUT2D eigenvalue weighted by molar-refractivity contribution is 7.17. The van der Waals surface area contributed by atoms with Crippen LogP contribution in [0, 0.1) is 11.8 Å². The van der Waals surface area contributed by atoms with E-state index in [1.807, 2.05) is 0 Å². The number of aryl methyl sites for hydroxylation is 1. The van der Waals surface area contributed by atoms with E-state index < -0.39 is 0 Å². The molecule has 0 spiro atoms. The smallest absolute Gasteiger partial charge is 0.0750 e. The highest BCUT2D eigenvalue weighted by Gasteiger charge is 2.22. The van der Waals surface area contributed by atoms with Crippen LogP contribution in [0.3, 0.4) is 0 Å². The van der Waals surface area contributed by atoms with Crippen molar-refractivity contribution in [1.29, 1.82) is 0 Å². The van der Waals surface area contributed by atoms with E-state index in [1.54, 1.807) is 11.3 Å². The highest BCUT2D eigenvalue weighted by Crippen LogP contribution is 2.39. The van der Waals surface area contributed by atoms with Crippen molar-refractivity contribution in [1.82, 2.24) is 4.98 Å². The molecule has 2 aromatic heterocycles. The van der Waals surface area contributed by atoms with Crippen molar-refractivity contribution in [2.45, 2.75) is 59.3 Å². The molecule has 2 heterocycles. The number of thiophene rings is 1. The molecule has 1 aliphatic rings. The maximum atomic E-state index is 5.32. The predicted octanol–water partition coefficient (Wildman–Crippen LogP) is 9.08. The second-order valence-electron chi connectivity index (χ2n) is 9.78. The maximum absolute atomic E-state index is 5.32. The van der Waals surface area contributed by atoms with Gasteiger partial charge in [0.2, 0.25) is 0 Å². The van der Waals surface area contributed by atoms with Gasteiger partial charge >= 0.3 is 0 Å². The van der Waals surface area contributed by atoms with Crippen LogP contribution in [0.15, 0.2) is 54.4 Å². The number of hydrogen-bond acceptors (Lipinski definition) is 2. The first-order chi connectivity index (χ1) is 15.5. The molecule has 32 heavy (non-hydrogen) atoms. The Morgan fingerprint density at radius 2 is 1.94 bits per heavy atom. The highest BCUT2D eigenvalue weighted by atomic mass is 32.1. The van der Waals surface area contributed by atoms with Crippen molar-refractivity contribution in [3.8, 4) is 11.3 Å². The van der Waals surface area contributed by atoms with E-state index in [9.17, 15) is 0 Å². The van der Waals surface area contributed by atoms with Crippen LogP contribution in [0.5, 0.6) is 0 Å². The molecule has 0 bridgehead atoms. The van der Waals surface area contributed by atoms with Gasteiger partial charge in [-0.1, -0.05) is 75.6 Å². The summed E-state index contributed by atoms with van der Waals surface area (Å²) in [4.78, 5) is 5.32. The van der Waals surface area contributed by atoms with E-state index in [0.717, 1.165) is 35.9 Å². The standard InChI is InChI=1S/C30H33NS/c1-5-22-13-14-23(16-21-10-8-9-20(4)15-21)29-25(19(2)3)17-27(31-30(22)29)26-18-32-28-12-7-6-11-24(26)28/h6-7,11-14,17-18,20-21H,2,5,8-10,15-16H2,1,3-4H3. The Balaban J connectivity index is 1.70. The largest absolute Gasteiger partial charge is 0.247 e. The third-order valence-corrected chi connectivity index (χ3v) is 8.25. The van der Waals surface area contributed by atoms with Crippen LogP contribution in [0.2, 0.25) is 0 Å². The van der Waals surface area contributed by atoms with Crippen molar-refractivity contribution < 1.29 is 0 Å². The minimum absolute atomic E-state index is 0.785. The number of aromatic nitrogens is 1. The van der Waals surface area contributed by atoms with Gasteiger partial charge in [-0.25, -0.2) is 4.98 Å². The van der Waals surface area contributed by atoms with Gasteiger partial charge < -0.3 is 0 Å². The molecule has 0 amide bonds.